The molecule has 146 valence electrons. The summed E-state index contributed by atoms with van der Waals surface area (Å²) in [5.74, 6) is 0.813. The monoisotopic (exact) mass is 397 g/mol. The molecule has 7 heteroatoms. The number of carbonyl (C=O) groups excluding carboxylic acids is 1. The Kier molecular flexibility index (Phi) is 5.35. The number of rotatable bonds is 4. The molecule has 0 bridgehead atoms. The second-order valence-corrected chi connectivity index (χ2v) is 7.71. The molecule has 1 aliphatic heterocycles. The Morgan fingerprint density at radius 2 is 1.86 bits per heavy atom. The Morgan fingerprint density at radius 3 is 2.61 bits per heavy atom. The van der Waals surface area contributed by atoms with Crippen LogP contribution >= 0.6 is 11.6 Å². The van der Waals surface area contributed by atoms with Crippen LogP contribution in [0.4, 0.5) is 5.69 Å². The molecule has 0 aliphatic carbocycles. The Hall–Kier alpha value is -2.41. The lowest BCUT2D eigenvalue weighted by molar-refractivity contribution is 0.102. The molecule has 0 unspecified atom stereocenters. The second kappa shape index (κ2) is 7.91. The number of nitrogens with one attached hydrogen (secondary N) is 1. The average Bonchev–Trinajstić information content (AvgIpc) is 2.99. The Bertz CT molecular complexity index is 1010. The summed E-state index contributed by atoms with van der Waals surface area (Å²) in [4.78, 5) is 22.1. The maximum absolute atomic E-state index is 12.5. The van der Waals surface area contributed by atoms with Crippen molar-refractivity contribution in [3.63, 3.8) is 0 Å². The molecule has 1 fully saturated rings. The summed E-state index contributed by atoms with van der Waals surface area (Å²) in [5.41, 5.74) is 3.10. The molecule has 2 heterocycles. The number of nitrogens with zero attached hydrogens (tertiary/aromatic N) is 4. The number of aryl methyl sites for hydroxylation is 1. The van der Waals surface area contributed by atoms with Gasteiger partial charge in [0.2, 0.25) is 0 Å². The fourth-order valence-electron chi connectivity index (χ4n) is 3.52. The van der Waals surface area contributed by atoms with Crippen molar-refractivity contribution in [1.29, 1.82) is 0 Å². The van der Waals surface area contributed by atoms with Gasteiger partial charge in [-0.25, -0.2) is 4.98 Å². The molecule has 4 rings (SSSR count). The van der Waals surface area contributed by atoms with Crippen LogP contribution in [0.15, 0.2) is 42.5 Å². The van der Waals surface area contributed by atoms with Crippen LogP contribution in [0, 0.1) is 0 Å². The zero-order chi connectivity index (χ0) is 19.7. The number of carbonyl (C=O) groups is 1. The van der Waals surface area contributed by atoms with Crippen LogP contribution in [0.5, 0.6) is 0 Å². The molecule has 6 nitrogen and oxygen atoms in total. The first-order valence-corrected chi connectivity index (χ1v) is 9.81. The number of piperazine rings is 1. The molecule has 0 radical (unpaired) electrons. The summed E-state index contributed by atoms with van der Waals surface area (Å²) in [7, 11) is 4.20. The van der Waals surface area contributed by atoms with Crippen LogP contribution in [-0.2, 0) is 13.6 Å². The lowest BCUT2D eigenvalue weighted by Crippen LogP contribution is -2.44. The van der Waals surface area contributed by atoms with Crippen molar-refractivity contribution in [1.82, 2.24) is 19.4 Å². The lowest BCUT2D eigenvalue weighted by atomic mass is 10.2. The van der Waals surface area contributed by atoms with E-state index in [-0.39, 0.29) is 5.91 Å². The highest BCUT2D eigenvalue weighted by atomic mass is 35.5. The number of halogens is 1. The van der Waals surface area contributed by atoms with E-state index in [0.717, 1.165) is 49.6 Å². The Labute approximate surface area is 169 Å². The first-order chi connectivity index (χ1) is 13.5. The van der Waals surface area contributed by atoms with Gasteiger partial charge in [0, 0.05) is 38.9 Å². The van der Waals surface area contributed by atoms with Crippen LogP contribution in [0.2, 0.25) is 5.02 Å². The quantitative estimate of drug-likeness (QED) is 0.734. The van der Waals surface area contributed by atoms with Crippen molar-refractivity contribution < 1.29 is 4.79 Å². The van der Waals surface area contributed by atoms with E-state index in [2.05, 4.69) is 26.7 Å². The maximum atomic E-state index is 12.5. The fraction of sp³-hybridized carbons (Fsp3) is 0.333. The lowest BCUT2D eigenvalue weighted by Gasteiger charge is -2.31. The molecule has 1 amide bonds. The molecule has 1 saturated heterocycles. The van der Waals surface area contributed by atoms with Crippen molar-refractivity contribution in [3.8, 4) is 0 Å². The second-order valence-electron chi connectivity index (χ2n) is 7.30. The summed E-state index contributed by atoms with van der Waals surface area (Å²) < 4.78 is 2.13. The summed E-state index contributed by atoms with van der Waals surface area (Å²) in [5, 5.41) is 3.36. The van der Waals surface area contributed by atoms with Crippen molar-refractivity contribution in [2.45, 2.75) is 6.54 Å². The first kappa shape index (κ1) is 18.9. The number of fused-ring (bicyclic) bond motifs is 1. The predicted octanol–water partition coefficient (Wildman–Crippen LogP) is 3.23. The summed E-state index contributed by atoms with van der Waals surface area (Å²) in [6, 6.07) is 12.8. The number of hydrogen-bond donors (Lipinski definition) is 1. The average molecular weight is 398 g/mol. The van der Waals surface area contributed by atoms with Gasteiger partial charge in [0.1, 0.15) is 5.82 Å². The number of amides is 1. The van der Waals surface area contributed by atoms with Gasteiger partial charge in [0.15, 0.2) is 0 Å². The molecular weight excluding hydrogens is 374 g/mol. The molecule has 1 aliphatic rings. The van der Waals surface area contributed by atoms with Gasteiger partial charge < -0.3 is 14.8 Å². The SMILES string of the molecule is CN1CCN(Cc2nc3cc(NC(=O)c4ccccc4Cl)ccc3n2C)CC1. The zero-order valence-electron chi connectivity index (χ0n) is 16.2. The predicted molar refractivity (Wildman–Crippen MR) is 113 cm³/mol. The van der Waals surface area contributed by atoms with Gasteiger partial charge in [-0.15, -0.1) is 0 Å². The van der Waals surface area contributed by atoms with Gasteiger partial charge in [-0.2, -0.15) is 0 Å². The standard InChI is InChI=1S/C21H24ClN5O/c1-25-9-11-27(12-10-25)14-20-24-18-13-15(7-8-19(18)26(20)2)23-21(28)16-5-3-4-6-17(16)22/h3-8,13H,9-12,14H2,1-2H3,(H,23,28). The van der Waals surface area contributed by atoms with Crippen LogP contribution in [0.25, 0.3) is 11.0 Å². The van der Waals surface area contributed by atoms with E-state index in [1.54, 1.807) is 24.3 Å². The first-order valence-electron chi connectivity index (χ1n) is 9.43. The van der Waals surface area contributed by atoms with Gasteiger partial charge in [-0.1, -0.05) is 23.7 Å². The third-order valence-corrected chi connectivity index (χ3v) is 5.64. The Morgan fingerprint density at radius 1 is 1.11 bits per heavy atom. The topological polar surface area (TPSA) is 53.4 Å². The largest absolute Gasteiger partial charge is 0.330 e. The molecule has 0 spiro atoms. The van der Waals surface area contributed by atoms with Gasteiger partial charge in [-0.3, -0.25) is 9.69 Å². The number of aromatic nitrogens is 2. The van der Waals surface area contributed by atoms with Crippen molar-refractivity contribution >= 4 is 34.2 Å². The highest BCUT2D eigenvalue weighted by Crippen LogP contribution is 2.22. The number of likely N-dealkylation sites (N-methyl/N-ethyl adjacent to an activating group) is 1. The van der Waals surface area contributed by atoms with E-state index >= 15 is 0 Å². The smallest absolute Gasteiger partial charge is 0.257 e. The molecule has 1 N–H and O–H groups in total. The third kappa shape index (κ3) is 3.90. The highest BCUT2D eigenvalue weighted by Gasteiger charge is 2.17. The van der Waals surface area contributed by atoms with E-state index in [4.69, 9.17) is 16.6 Å². The van der Waals surface area contributed by atoms with Gasteiger partial charge >= 0.3 is 0 Å². The molecule has 0 saturated carbocycles. The number of anilines is 1. The van der Waals surface area contributed by atoms with E-state index in [9.17, 15) is 4.79 Å². The molecule has 1 aromatic heterocycles. The fourth-order valence-corrected chi connectivity index (χ4v) is 3.74. The number of hydrogen-bond acceptors (Lipinski definition) is 4. The van der Waals surface area contributed by atoms with Gasteiger partial charge in [0.05, 0.1) is 28.2 Å². The van der Waals surface area contributed by atoms with Gasteiger partial charge in [0.25, 0.3) is 5.91 Å². The molecule has 2 aromatic carbocycles. The third-order valence-electron chi connectivity index (χ3n) is 5.31. The van der Waals surface area contributed by atoms with Crippen LogP contribution in [0.3, 0.4) is 0 Å². The van der Waals surface area contributed by atoms with E-state index in [1.807, 2.05) is 25.2 Å². The van der Waals surface area contributed by atoms with Crippen molar-refractivity contribution in [2.24, 2.45) is 7.05 Å². The van der Waals surface area contributed by atoms with Crippen molar-refractivity contribution in [3.05, 3.63) is 58.9 Å². The van der Waals surface area contributed by atoms with Crippen molar-refractivity contribution in [2.75, 3.05) is 38.5 Å². The Balaban J connectivity index is 1.53. The molecular formula is C21H24ClN5O. The summed E-state index contributed by atoms with van der Waals surface area (Å²) >= 11 is 6.12. The normalized spacial score (nSPS) is 15.8. The van der Waals surface area contributed by atoms with Crippen LogP contribution in [-0.4, -0.2) is 58.5 Å². The zero-order valence-corrected chi connectivity index (χ0v) is 16.9. The number of benzene rings is 2. The highest BCUT2D eigenvalue weighted by molar-refractivity contribution is 6.34. The number of imidazole rings is 1. The minimum absolute atomic E-state index is 0.224. The minimum atomic E-state index is -0.224. The summed E-state index contributed by atoms with van der Waals surface area (Å²) in [6.45, 7) is 5.11. The van der Waals surface area contributed by atoms with Crippen LogP contribution in [0.1, 0.15) is 16.2 Å². The molecule has 0 atom stereocenters. The van der Waals surface area contributed by atoms with Gasteiger partial charge in [-0.05, 0) is 37.4 Å². The summed E-state index contributed by atoms with van der Waals surface area (Å²) in [6.07, 6.45) is 0. The molecule has 3 aromatic rings. The van der Waals surface area contributed by atoms with E-state index in [0.29, 0.717) is 16.3 Å². The van der Waals surface area contributed by atoms with E-state index in [1.165, 1.54) is 0 Å². The molecule has 28 heavy (non-hydrogen) atoms. The van der Waals surface area contributed by atoms with E-state index < -0.39 is 0 Å². The maximum Gasteiger partial charge on any atom is 0.257 e. The van der Waals surface area contributed by atoms with Crippen LogP contribution < -0.4 is 5.32 Å². The minimum Gasteiger partial charge on any atom is -0.330 e.